The molecule has 3 rings (SSSR count). The Morgan fingerprint density at radius 1 is 1.13 bits per heavy atom. The van der Waals surface area contributed by atoms with Crippen LogP contribution in [0.3, 0.4) is 0 Å². The lowest BCUT2D eigenvalue weighted by molar-refractivity contribution is 0.0607. The van der Waals surface area contributed by atoms with Crippen LogP contribution in [0.2, 0.25) is 0 Å². The van der Waals surface area contributed by atoms with Crippen molar-refractivity contribution in [3.63, 3.8) is 0 Å². The minimum absolute atomic E-state index is 0.0210. The molecule has 0 aliphatic carbocycles. The second kappa shape index (κ2) is 9.89. The van der Waals surface area contributed by atoms with Crippen molar-refractivity contribution in [2.45, 2.75) is 20.0 Å². The Morgan fingerprint density at radius 2 is 1.90 bits per heavy atom. The molecule has 3 aromatic rings. The molecule has 0 saturated carbocycles. The van der Waals surface area contributed by atoms with Crippen LogP contribution in [0.15, 0.2) is 53.6 Å². The van der Waals surface area contributed by atoms with Crippen LogP contribution in [-0.4, -0.2) is 37.5 Å². The molecule has 2 aromatic carbocycles. The van der Waals surface area contributed by atoms with E-state index in [1.165, 1.54) is 18.4 Å². The normalized spacial score (nSPS) is 11.0. The molecule has 1 aromatic heterocycles. The molecule has 1 N–H and O–H groups in total. The van der Waals surface area contributed by atoms with E-state index in [0.717, 1.165) is 11.1 Å². The minimum Gasteiger partial charge on any atom is -0.493 e. The van der Waals surface area contributed by atoms with Crippen LogP contribution >= 0.6 is 11.3 Å². The van der Waals surface area contributed by atoms with Crippen molar-refractivity contribution in [3.8, 4) is 22.8 Å². The van der Waals surface area contributed by atoms with Gasteiger partial charge in [0.25, 0.3) is 0 Å². The number of esters is 1. The number of thiazole rings is 1. The first-order chi connectivity index (χ1) is 14.5. The van der Waals surface area contributed by atoms with Crippen molar-refractivity contribution in [2.24, 2.45) is 5.10 Å². The molecule has 1 heterocycles. The zero-order valence-corrected chi connectivity index (χ0v) is 18.0. The maximum atomic E-state index is 12.2. The highest BCUT2D eigenvalue weighted by molar-refractivity contribution is 7.17. The van der Waals surface area contributed by atoms with Gasteiger partial charge in [0.15, 0.2) is 11.5 Å². The lowest BCUT2D eigenvalue weighted by Gasteiger charge is -2.13. The topological polar surface area (TPSA) is 82.0 Å². The van der Waals surface area contributed by atoms with Crippen LogP contribution in [0, 0.1) is 0 Å². The molecule has 30 heavy (non-hydrogen) atoms. The van der Waals surface area contributed by atoms with E-state index in [0.29, 0.717) is 27.2 Å². The Hall–Kier alpha value is -3.39. The molecule has 7 nitrogen and oxygen atoms in total. The maximum absolute atomic E-state index is 12.2. The summed E-state index contributed by atoms with van der Waals surface area (Å²) < 4.78 is 16.0. The van der Waals surface area contributed by atoms with Gasteiger partial charge in [0, 0.05) is 5.56 Å². The second-order valence-corrected chi connectivity index (χ2v) is 7.50. The summed E-state index contributed by atoms with van der Waals surface area (Å²) >= 11 is 1.18. The Kier molecular flexibility index (Phi) is 7.03. The van der Waals surface area contributed by atoms with Crippen molar-refractivity contribution in [2.75, 3.05) is 19.6 Å². The van der Waals surface area contributed by atoms with E-state index < -0.39 is 5.97 Å². The molecule has 0 saturated heterocycles. The molecule has 0 fully saturated rings. The predicted octanol–water partition coefficient (Wildman–Crippen LogP) is 4.84. The molecule has 0 aliphatic heterocycles. The van der Waals surface area contributed by atoms with Gasteiger partial charge in [0.05, 0.1) is 32.2 Å². The average molecular weight is 426 g/mol. The van der Waals surface area contributed by atoms with Crippen LogP contribution in [0.25, 0.3) is 11.3 Å². The number of carbonyl (C=O) groups excluding carboxylic acids is 1. The number of rotatable bonds is 8. The van der Waals surface area contributed by atoms with Gasteiger partial charge in [0.1, 0.15) is 4.88 Å². The standard InChI is InChI=1S/C22H23N3O4S/c1-14(2)29-18-12-15(10-11-17(18)27-3)13-23-25-22-24-19(16-8-6-5-7-9-16)20(30-22)21(26)28-4/h5-14H,1-4H3,(H,24,25)/b23-13-. The Bertz CT molecular complexity index is 1030. The number of benzene rings is 2. The molecule has 0 bridgehead atoms. The van der Waals surface area contributed by atoms with Crippen molar-refractivity contribution >= 4 is 28.7 Å². The summed E-state index contributed by atoms with van der Waals surface area (Å²) in [4.78, 5) is 17.1. The van der Waals surface area contributed by atoms with Crippen LogP contribution in [0.1, 0.15) is 29.1 Å². The van der Waals surface area contributed by atoms with Gasteiger partial charge in [-0.25, -0.2) is 9.78 Å². The van der Waals surface area contributed by atoms with Gasteiger partial charge in [-0.1, -0.05) is 41.7 Å². The summed E-state index contributed by atoms with van der Waals surface area (Å²) in [5, 5.41) is 4.73. The van der Waals surface area contributed by atoms with E-state index >= 15 is 0 Å². The van der Waals surface area contributed by atoms with E-state index in [2.05, 4.69) is 15.5 Å². The van der Waals surface area contributed by atoms with Crippen molar-refractivity contribution in [1.82, 2.24) is 4.98 Å². The number of methoxy groups -OCH3 is 2. The zero-order chi connectivity index (χ0) is 21.5. The second-order valence-electron chi connectivity index (χ2n) is 6.50. The third-order valence-corrected chi connectivity index (χ3v) is 4.91. The number of hydrazone groups is 1. The van der Waals surface area contributed by atoms with E-state index in [4.69, 9.17) is 14.2 Å². The van der Waals surface area contributed by atoms with E-state index in [-0.39, 0.29) is 6.10 Å². The first-order valence-corrected chi connectivity index (χ1v) is 10.1. The van der Waals surface area contributed by atoms with Gasteiger partial charge >= 0.3 is 5.97 Å². The molecular formula is C22H23N3O4S. The number of anilines is 1. The highest BCUT2D eigenvalue weighted by Gasteiger charge is 2.20. The quantitative estimate of drug-likeness (QED) is 0.316. The number of hydrogen-bond donors (Lipinski definition) is 1. The number of ether oxygens (including phenoxy) is 3. The van der Waals surface area contributed by atoms with Gasteiger partial charge in [-0.3, -0.25) is 5.43 Å². The molecule has 8 heteroatoms. The molecule has 0 spiro atoms. The Morgan fingerprint density at radius 3 is 2.57 bits per heavy atom. The zero-order valence-electron chi connectivity index (χ0n) is 17.2. The highest BCUT2D eigenvalue weighted by Crippen LogP contribution is 2.32. The first kappa shape index (κ1) is 21.3. The number of aromatic nitrogens is 1. The SMILES string of the molecule is COC(=O)c1sc(N/N=C\c2ccc(OC)c(OC(C)C)c2)nc1-c1ccccc1. The molecule has 0 aliphatic rings. The average Bonchev–Trinajstić information content (AvgIpc) is 3.18. The number of hydrogen-bond acceptors (Lipinski definition) is 8. The molecule has 0 unspecified atom stereocenters. The van der Waals surface area contributed by atoms with Crippen LogP contribution in [0.4, 0.5) is 5.13 Å². The largest absolute Gasteiger partial charge is 0.493 e. The Labute approximate surface area is 179 Å². The molecule has 0 radical (unpaired) electrons. The Balaban J connectivity index is 1.81. The van der Waals surface area contributed by atoms with E-state index in [9.17, 15) is 4.79 Å². The monoisotopic (exact) mass is 425 g/mol. The fourth-order valence-corrected chi connectivity index (χ4v) is 3.53. The highest BCUT2D eigenvalue weighted by atomic mass is 32.1. The lowest BCUT2D eigenvalue weighted by atomic mass is 10.1. The van der Waals surface area contributed by atoms with Crippen LogP contribution in [0.5, 0.6) is 11.5 Å². The van der Waals surface area contributed by atoms with Crippen LogP contribution < -0.4 is 14.9 Å². The number of carbonyl (C=O) groups is 1. The van der Waals surface area contributed by atoms with Gasteiger partial charge in [0.2, 0.25) is 5.13 Å². The van der Waals surface area contributed by atoms with Gasteiger partial charge in [-0.05, 0) is 37.6 Å². The van der Waals surface area contributed by atoms with Gasteiger partial charge < -0.3 is 14.2 Å². The maximum Gasteiger partial charge on any atom is 0.350 e. The fraction of sp³-hybridized carbons (Fsp3) is 0.227. The number of nitrogens with one attached hydrogen (secondary N) is 1. The van der Waals surface area contributed by atoms with E-state index in [1.807, 2.05) is 62.4 Å². The number of nitrogens with zero attached hydrogens (tertiary/aromatic N) is 2. The van der Waals surface area contributed by atoms with Gasteiger partial charge in [-0.2, -0.15) is 5.10 Å². The minimum atomic E-state index is -0.436. The summed E-state index contributed by atoms with van der Waals surface area (Å²) in [6.45, 7) is 3.90. The first-order valence-electron chi connectivity index (χ1n) is 9.30. The summed E-state index contributed by atoms with van der Waals surface area (Å²) in [7, 11) is 2.95. The van der Waals surface area contributed by atoms with Crippen molar-refractivity contribution < 1.29 is 19.0 Å². The predicted molar refractivity (Wildman–Crippen MR) is 119 cm³/mol. The van der Waals surface area contributed by atoms with Crippen molar-refractivity contribution in [1.29, 1.82) is 0 Å². The summed E-state index contributed by atoms with van der Waals surface area (Å²) in [6.07, 6.45) is 1.67. The third kappa shape index (κ3) is 5.15. The summed E-state index contributed by atoms with van der Waals surface area (Å²) in [6, 6.07) is 15.0. The van der Waals surface area contributed by atoms with Gasteiger partial charge in [-0.15, -0.1) is 0 Å². The lowest BCUT2D eigenvalue weighted by Crippen LogP contribution is -2.07. The van der Waals surface area contributed by atoms with Crippen molar-refractivity contribution in [3.05, 3.63) is 59.0 Å². The molecule has 0 amide bonds. The molecule has 0 atom stereocenters. The molecular weight excluding hydrogens is 402 g/mol. The molecule has 156 valence electrons. The fourth-order valence-electron chi connectivity index (χ4n) is 2.67. The smallest absolute Gasteiger partial charge is 0.350 e. The summed E-state index contributed by atoms with van der Waals surface area (Å²) in [5.74, 6) is 0.864. The third-order valence-electron chi connectivity index (χ3n) is 3.97. The van der Waals surface area contributed by atoms with E-state index in [1.54, 1.807) is 13.3 Å². The summed E-state index contributed by atoms with van der Waals surface area (Å²) in [5.41, 5.74) is 5.10. The van der Waals surface area contributed by atoms with Crippen LogP contribution in [-0.2, 0) is 4.74 Å².